The first-order valence-electron chi connectivity index (χ1n) is 15.0. The van der Waals surface area contributed by atoms with Crippen molar-refractivity contribution >= 4 is 0 Å². The van der Waals surface area contributed by atoms with Gasteiger partial charge in [0.1, 0.15) is 22.9 Å². The maximum absolute atomic E-state index is 15.0. The summed E-state index contributed by atoms with van der Waals surface area (Å²) < 4.78 is 109. The molecule has 0 saturated heterocycles. The van der Waals surface area contributed by atoms with Crippen LogP contribution in [0.5, 0.6) is 11.5 Å². The van der Waals surface area contributed by atoms with Crippen molar-refractivity contribution in [2.75, 3.05) is 0 Å². The molecule has 2 nitrogen and oxygen atoms in total. The van der Waals surface area contributed by atoms with Gasteiger partial charge >= 0.3 is 12.2 Å². The molecule has 0 bridgehead atoms. The Labute approximate surface area is 243 Å². The highest BCUT2D eigenvalue weighted by Gasteiger charge is 2.44. The Morgan fingerprint density at radius 3 is 1.86 bits per heavy atom. The number of rotatable bonds is 12. The number of benzene rings is 2. The molecule has 4 rings (SSSR count). The topological polar surface area (TPSA) is 18.5 Å². The summed E-state index contributed by atoms with van der Waals surface area (Å²) in [5, 5.41) is 0. The highest BCUT2D eigenvalue weighted by molar-refractivity contribution is 5.32. The summed E-state index contributed by atoms with van der Waals surface area (Å²) in [6, 6.07) is 3.56. The molecule has 0 heterocycles. The van der Waals surface area contributed by atoms with Crippen LogP contribution in [0.1, 0.15) is 89.5 Å². The molecule has 0 N–H and O–H groups in total. The standard InChI is InChI=1S/C33H39F7O2/c1-2-3-4-5-22-6-8-23(9-7-22)10-11-24-12-14-25(15-13-24)32(37,38)41-26-16-18-28(30(35)20-26)33(39,40)42-27-17-19-29(34)31(36)21-27/h10-11,16-25H,2-9,12-15H2,1H3/b11-10+. The normalized spacial score (nSPS) is 23.7. The highest BCUT2D eigenvalue weighted by atomic mass is 19.3. The highest BCUT2D eigenvalue weighted by Crippen LogP contribution is 2.42. The van der Waals surface area contributed by atoms with Gasteiger partial charge in [0.15, 0.2) is 11.6 Å². The Hall–Kier alpha value is -2.71. The summed E-state index contributed by atoms with van der Waals surface area (Å²) in [7, 11) is 0. The van der Waals surface area contributed by atoms with Crippen molar-refractivity contribution < 1.29 is 40.2 Å². The van der Waals surface area contributed by atoms with E-state index in [-0.39, 0.29) is 18.8 Å². The average molecular weight is 601 g/mol. The van der Waals surface area contributed by atoms with Gasteiger partial charge in [-0.1, -0.05) is 44.8 Å². The van der Waals surface area contributed by atoms with Crippen LogP contribution in [0.3, 0.4) is 0 Å². The minimum absolute atomic E-state index is 0.229. The predicted molar refractivity (Wildman–Crippen MR) is 147 cm³/mol. The molecule has 2 aliphatic rings. The molecular weight excluding hydrogens is 561 g/mol. The SMILES string of the molecule is CCCCCC1CCC(/C=C/C2CCC(C(F)(F)Oc3ccc(C(F)(F)Oc4ccc(F)c(F)c4)c(F)c3)CC2)CC1. The molecule has 9 heteroatoms. The zero-order chi connectivity index (χ0) is 30.3. The van der Waals surface area contributed by atoms with Crippen molar-refractivity contribution in [2.45, 2.75) is 96.2 Å². The van der Waals surface area contributed by atoms with Crippen LogP contribution in [0.15, 0.2) is 48.6 Å². The molecule has 42 heavy (non-hydrogen) atoms. The number of allylic oxidation sites excluding steroid dienone is 2. The fourth-order valence-corrected chi connectivity index (χ4v) is 6.09. The third-order valence-corrected chi connectivity index (χ3v) is 8.66. The van der Waals surface area contributed by atoms with Gasteiger partial charge in [0.25, 0.3) is 0 Å². The van der Waals surface area contributed by atoms with Crippen LogP contribution in [-0.2, 0) is 6.11 Å². The number of hydrogen-bond acceptors (Lipinski definition) is 2. The monoisotopic (exact) mass is 600 g/mol. The zero-order valence-corrected chi connectivity index (χ0v) is 23.9. The Morgan fingerprint density at radius 2 is 1.26 bits per heavy atom. The predicted octanol–water partition coefficient (Wildman–Crippen LogP) is 11.0. The third kappa shape index (κ3) is 8.66. The molecule has 0 unspecified atom stereocenters. The van der Waals surface area contributed by atoms with E-state index >= 15 is 0 Å². The molecule has 0 aliphatic heterocycles. The molecule has 0 aromatic heterocycles. The minimum Gasteiger partial charge on any atom is -0.432 e. The van der Waals surface area contributed by atoms with E-state index in [1.165, 1.54) is 51.4 Å². The van der Waals surface area contributed by atoms with Crippen molar-refractivity contribution in [1.29, 1.82) is 0 Å². The summed E-state index contributed by atoms with van der Waals surface area (Å²) in [6.07, 6.45) is 8.28. The van der Waals surface area contributed by atoms with Crippen LogP contribution < -0.4 is 9.47 Å². The lowest BCUT2D eigenvalue weighted by Crippen LogP contribution is -2.37. The smallest absolute Gasteiger partial charge is 0.429 e. The van der Waals surface area contributed by atoms with Crippen molar-refractivity contribution in [3.05, 3.63) is 71.6 Å². The Kier molecular flexibility index (Phi) is 10.9. The van der Waals surface area contributed by atoms with Gasteiger partial charge in [-0.3, -0.25) is 0 Å². The molecule has 2 aliphatic carbocycles. The van der Waals surface area contributed by atoms with Crippen LogP contribution in [0, 0.1) is 41.1 Å². The first kappa shape index (κ1) is 32.2. The number of alkyl halides is 4. The number of halogens is 7. The lowest BCUT2D eigenvalue weighted by molar-refractivity contribution is -0.223. The lowest BCUT2D eigenvalue weighted by Gasteiger charge is -2.33. The zero-order valence-electron chi connectivity index (χ0n) is 23.9. The molecule has 0 atom stereocenters. The second kappa shape index (κ2) is 14.2. The second-order valence-corrected chi connectivity index (χ2v) is 11.8. The van der Waals surface area contributed by atoms with Gasteiger partial charge in [-0.2, -0.15) is 17.6 Å². The van der Waals surface area contributed by atoms with Crippen LogP contribution in [0.4, 0.5) is 30.7 Å². The van der Waals surface area contributed by atoms with E-state index in [0.29, 0.717) is 43.0 Å². The maximum atomic E-state index is 15.0. The van der Waals surface area contributed by atoms with Crippen LogP contribution in [-0.4, -0.2) is 6.11 Å². The van der Waals surface area contributed by atoms with Gasteiger partial charge in [0, 0.05) is 12.1 Å². The first-order valence-corrected chi connectivity index (χ1v) is 15.0. The van der Waals surface area contributed by atoms with Crippen LogP contribution >= 0.6 is 0 Å². The molecular formula is C33H39F7O2. The van der Waals surface area contributed by atoms with E-state index in [2.05, 4.69) is 23.8 Å². The quantitative estimate of drug-likeness (QED) is 0.137. The van der Waals surface area contributed by atoms with Crippen molar-refractivity contribution in [3.8, 4) is 11.5 Å². The number of hydrogen-bond donors (Lipinski definition) is 0. The molecule has 0 radical (unpaired) electrons. The fourth-order valence-electron chi connectivity index (χ4n) is 6.09. The van der Waals surface area contributed by atoms with Gasteiger partial charge in [-0.25, -0.2) is 13.2 Å². The van der Waals surface area contributed by atoms with E-state index in [4.69, 9.17) is 4.74 Å². The van der Waals surface area contributed by atoms with E-state index in [0.717, 1.165) is 18.1 Å². The summed E-state index contributed by atoms with van der Waals surface area (Å²) >= 11 is 0. The molecule has 2 saturated carbocycles. The van der Waals surface area contributed by atoms with Gasteiger partial charge in [0.2, 0.25) is 0 Å². The Bertz CT molecular complexity index is 1180. The molecule has 232 valence electrons. The van der Waals surface area contributed by atoms with E-state index in [1.807, 2.05) is 0 Å². The fraction of sp³-hybridized carbons (Fsp3) is 0.576. The third-order valence-electron chi connectivity index (χ3n) is 8.66. The maximum Gasteiger partial charge on any atom is 0.429 e. The summed E-state index contributed by atoms with van der Waals surface area (Å²) in [6.45, 7) is 2.22. The van der Waals surface area contributed by atoms with E-state index in [9.17, 15) is 30.7 Å². The average Bonchev–Trinajstić information content (AvgIpc) is 2.94. The van der Waals surface area contributed by atoms with E-state index in [1.54, 1.807) is 0 Å². The lowest BCUT2D eigenvalue weighted by atomic mass is 9.78. The number of unbranched alkanes of at least 4 members (excludes halogenated alkanes) is 2. The molecule has 0 spiro atoms. The first-order chi connectivity index (χ1) is 20.0. The summed E-state index contributed by atoms with van der Waals surface area (Å²) in [4.78, 5) is 0. The number of ether oxygens (including phenoxy) is 2. The second-order valence-electron chi connectivity index (χ2n) is 11.8. The van der Waals surface area contributed by atoms with Crippen LogP contribution in [0.25, 0.3) is 0 Å². The van der Waals surface area contributed by atoms with Crippen molar-refractivity contribution in [3.63, 3.8) is 0 Å². The molecule has 2 fully saturated rings. The summed E-state index contributed by atoms with van der Waals surface area (Å²) in [5.74, 6) is -5.03. The minimum atomic E-state index is -4.28. The van der Waals surface area contributed by atoms with Gasteiger partial charge < -0.3 is 9.47 Å². The summed E-state index contributed by atoms with van der Waals surface area (Å²) in [5.41, 5.74) is -1.26. The van der Waals surface area contributed by atoms with E-state index < -0.39 is 52.6 Å². The van der Waals surface area contributed by atoms with Gasteiger partial charge in [-0.05, 0) is 93.4 Å². The molecule has 0 amide bonds. The van der Waals surface area contributed by atoms with Gasteiger partial charge in [0.05, 0.1) is 5.92 Å². The van der Waals surface area contributed by atoms with Crippen molar-refractivity contribution in [2.24, 2.45) is 23.7 Å². The van der Waals surface area contributed by atoms with Crippen LogP contribution in [0.2, 0.25) is 0 Å². The van der Waals surface area contributed by atoms with Crippen molar-refractivity contribution in [1.82, 2.24) is 0 Å². The largest absolute Gasteiger partial charge is 0.432 e. The van der Waals surface area contributed by atoms with Gasteiger partial charge in [-0.15, -0.1) is 0 Å². The Morgan fingerprint density at radius 1 is 0.690 bits per heavy atom. The Balaban J connectivity index is 1.26. The molecule has 2 aromatic rings. The molecule has 2 aromatic carbocycles.